The first-order valence-corrected chi connectivity index (χ1v) is 8.01. The van der Waals surface area contributed by atoms with Crippen molar-refractivity contribution in [3.63, 3.8) is 0 Å². The lowest BCUT2D eigenvalue weighted by atomic mass is 10.3. The van der Waals surface area contributed by atoms with Gasteiger partial charge in [0.1, 0.15) is 5.01 Å². The van der Waals surface area contributed by atoms with Crippen LogP contribution in [0.15, 0.2) is 24.3 Å². The van der Waals surface area contributed by atoms with Crippen LogP contribution in [-0.4, -0.2) is 39.4 Å². The van der Waals surface area contributed by atoms with Crippen LogP contribution in [0.2, 0.25) is 0 Å². The van der Waals surface area contributed by atoms with Crippen LogP contribution in [0.4, 0.5) is 13.2 Å². The Bertz CT molecular complexity index is 924. The van der Waals surface area contributed by atoms with Gasteiger partial charge in [0.15, 0.2) is 18.1 Å². The summed E-state index contributed by atoms with van der Waals surface area (Å²) >= 11 is 0.899. The first-order valence-electron chi connectivity index (χ1n) is 7.19. The largest absolute Gasteiger partial charge is 0.493 e. The van der Waals surface area contributed by atoms with Crippen molar-refractivity contribution in [3.05, 3.63) is 35.1 Å². The molecule has 8 nitrogen and oxygen atoms in total. The molecule has 0 saturated heterocycles. The Morgan fingerprint density at radius 1 is 1.27 bits per heavy atom. The number of amides is 1. The fourth-order valence-electron chi connectivity index (χ4n) is 2.01. The number of ether oxygens (including phenoxy) is 2. The predicted molar refractivity (Wildman–Crippen MR) is 84.0 cm³/mol. The molecule has 3 rings (SSSR count). The average molecular weight is 387 g/mol. The quantitative estimate of drug-likeness (QED) is 0.695. The molecule has 0 bridgehead atoms. The van der Waals surface area contributed by atoms with Crippen LogP contribution >= 0.6 is 11.3 Å². The number of rotatable bonds is 6. The van der Waals surface area contributed by atoms with E-state index in [0.717, 1.165) is 11.3 Å². The number of aromatic nitrogens is 4. The zero-order chi connectivity index (χ0) is 18.7. The predicted octanol–water partition coefficient (Wildman–Crippen LogP) is 1.91. The molecule has 3 aromatic rings. The summed E-state index contributed by atoms with van der Waals surface area (Å²) in [5, 5.41) is 13.0. The topological polar surface area (TPSA) is 90.6 Å². The lowest BCUT2D eigenvalue weighted by Gasteiger charge is -2.09. The highest BCUT2D eigenvalue weighted by molar-refractivity contribution is 7.16. The van der Waals surface area contributed by atoms with Gasteiger partial charge in [-0.15, -0.1) is 10.2 Å². The highest BCUT2D eigenvalue weighted by atomic mass is 32.1. The van der Waals surface area contributed by atoms with Crippen LogP contribution in [0, 0.1) is 0 Å². The van der Waals surface area contributed by atoms with E-state index in [9.17, 15) is 18.0 Å². The summed E-state index contributed by atoms with van der Waals surface area (Å²) < 4.78 is 49.3. The minimum Gasteiger partial charge on any atom is -0.493 e. The molecule has 0 radical (unpaired) electrons. The minimum absolute atomic E-state index is 0.00755. The van der Waals surface area contributed by atoms with Crippen LogP contribution in [0.25, 0.3) is 4.96 Å². The maximum absolute atomic E-state index is 12.7. The first-order chi connectivity index (χ1) is 12.4. The average Bonchev–Trinajstić information content (AvgIpc) is 3.17. The van der Waals surface area contributed by atoms with Gasteiger partial charge in [0.25, 0.3) is 11.7 Å². The molecule has 0 unspecified atom stereocenters. The van der Waals surface area contributed by atoms with Crippen molar-refractivity contribution in [2.45, 2.75) is 12.7 Å². The monoisotopic (exact) mass is 387 g/mol. The van der Waals surface area contributed by atoms with Crippen LogP contribution in [0.1, 0.15) is 10.8 Å². The molecule has 0 saturated carbocycles. The molecule has 0 spiro atoms. The number of hydrogen-bond acceptors (Lipinski definition) is 7. The molecule has 1 N–H and O–H groups in total. The second kappa shape index (κ2) is 7.15. The van der Waals surface area contributed by atoms with Crippen molar-refractivity contribution >= 4 is 22.2 Å². The molecule has 0 fully saturated rings. The summed E-state index contributed by atoms with van der Waals surface area (Å²) in [5.74, 6) is -0.786. The Labute approximate surface area is 148 Å². The SMILES string of the molecule is COc1ccccc1OCC(=O)NCc1nn2c(C(F)(F)F)nnc2s1. The lowest BCUT2D eigenvalue weighted by molar-refractivity contribution is -0.146. The number of fused-ring (bicyclic) bond motifs is 1. The molecule has 2 heterocycles. The molecule has 12 heteroatoms. The zero-order valence-electron chi connectivity index (χ0n) is 13.3. The van der Waals surface area contributed by atoms with E-state index in [0.29, 0.717) is 16.0 Å². The highest BCUT2D eigenvalue weighted by Gasteiger charge is 2.38. The molecule has 2 aromatic heterocycles. The first kappa shape index (κ1) is 17.9. The van der Waals surface area contributed by atoms with Crippen molar-refractivity contribution in [2.75, 3.05) is 13.7 Å². The molecular weight excluding hydrogens is 375 g/mol. The molecular formula is C14H12F3N5O3S. The number of nitrogens with one attached hydrogen (secondary N) is 1. The fourth-order valence-corrected chi connectivity index (χ4v) is 2.78. The van der Waals surface area contributed by atoms with Gasteiger partial charge in [-0.2, -0.15) is 22.8 Å². The summed E-state index contributed by atoms with van der Waals surface area (Å²) in [7, 11) is 1.48. The molecule has 0 aliphatic carbocycles. The summed E-state index contributed by atoms with van der Waals surface area (Å²) in [6, 6.07) is 6.82. The summed E-state index contributed by atoms with van der Waals surface area (Å²) in [5.41, 5.74) is 0. The Hall–Kier alpha value is -2.89. The van der Waals surface area contributed by atoms with Gasteiger partial charge in [-0.25, -0.2) is 0 Å². The molecule has 0 atom stereocenters. The Morgan fingerprint density at radius 2 is 2.00 bits per heavy atom. The van der Waals surface area contributed by atoms with E-state index >= 15 is 0 Å². The van der Waals surface area contributed by atoms with Crippen LogP contribution < -0.4 is 14.8 Å². The van der Waals surface area contributed by atoms with E-state index in [-0.39, 0.29) is 23.1 Å². The standard InChI is InChI=1S/C14H12F3N5O3S/c1-24-8-4-2-3-5-9(8)25-7-10(23)18-6-11-21-22-12(14(15,16)17)19-20-13(22)26-11/h2-5H,6-7H2,1H3,(H,18,23). The van der Waals surface area contributed by atoms with Gasteiger partial charge >= 0.3 is 6.18 Å². The summed E-state index contributed by atoms with van der Waals surface area (Å²) in [6.45, 7) is -0.336. The van der Waals surface area contributed by atoms with Crippen LogP contribution in [-0.2, 0) is 17.5 Å². The fraction of sp³-hybridized carbons (Fsp3) is 0.286. The van der Waals surface area contributed by atoms with Gasteiger partial charge < -0.3 is 14.8 Å². The van der Waals surface area contributed by atoms with Gasteiger partial charge in [0.2, 0.25) is 4.96 Å². The lowest BCUT2D eigenvalue weighted by Crippen LogP contribution is -2.28. The molecule has 0 aliphatic heterocycles. The maximum atomic E-state index is 12.7. The second-order valence-corrected chi connectivity index (χ2v) is 5.97. The number of methoxy groups -OCH3 is 1. The van der Waals surface area contributed by atoms with E-state index in [1.807, 2.05) is 0 Å². The van der Waals surface area contributed by atoms with Gasteiger partial charge in [-0.3, -0.25) is 4.79 Å². The van der Waals surface area contributed by atoms with Gasteiger partial charge in [0, 0.05) is 0 Å². The number of para-hydroxylation sites is 2. The summed E-state index contributed by atoms with van der Waals surface area (Å²) in [6.07, 6.45) is -4.66. The third-order valence-corrected chi connectivity index (χ3v) is 4.05. The van der Waals surface area contributed by atoms with Crippen molar-refractivity contribution < 1.29 is 27.4 Å². The number of hydrogen-bond donors (Lipinski definition) is 1. The molecule has 26 heavy (non-hydrogen) atoms. The minimum atomic E-state index is -4.66. The van der Waals surface area contributed by atoms with Crippen molar-refractivity contribution in [2.24, 2.45) is 0 Å². The number of benzene rings is 1. The third kappa shape index (κ3) is 3.85. The van der Waals surface area contributed by atoms with Crippen LogP contribution in [0.3, 0.4) is 0 Å². The molecule has 1 aromatic carbocycles. The summed E-state index contributed by atoms with van der Waals surface area (Å²) in [4.78, 5) is 11.8. The Kier molecular flexibility index (Phi) is 4.93. The molecule has 1 amide bonds. The number of carbonyl (C=O) groups is 1. The van der Waals surface area contributed by atoms with E-state index in [2.05, 4.69) is 20.6 Å². The highest BCUT2D eigenvalue weighted by Crippen LogP contribution is 2.29. The van der Waals surface area contributed by atoms with E-state index in [1.165, 1.54) is 7.11 Å². The van der Waals surface area contributed by atoms with Gasteiger partial charge in [-0.1, -0.05) is 23.5 Å². The number of halogens is 3. The smallest absolute Gasteiger partial charge is 0.453 e. The Morgan fingerprint density at radius 3 is 2.69 bits per heavy atom. The Balaban J connectivity index is 1.58. The maximum Gasteiger partial charge on any atom is 0.453 e. The molecule has 0 aliphatic rings. The van der Waals surface area contributed by atoms with E-state index in [1.54, 1.807) is 24.3 Å². The second-order valence-electron chi connectivity index (χ2n) is 4.93. The third-order valence-electron chi connectivity index (χ3n) is 3.15. The molecule has 138 valence electrons. The van der Waals surface area contributed by atoms with Crippen molar-refractivity contribution in [3.8, 4) is 11.5 Å². The van der Waals surface area contributed by atoms with E-state index < -0.39 is 17.9 Å². The van der Waals surface area contributed by atoms with Gasteiger partial charge in [-0.05, 0) is 12.1 Å². The number of nitrogens with zero attached hydrogens (tertiary/aromatic N) is 4. The van der Waals surface area contributed by atoms with Crippen LogP contribution in [0.5, 0.6) is 11.5 Å². The number of carbonyl (C=O) groups excluding carboxylic acids is 1. The number of alkyl halides is 3. The van der Waals surface area contributed by atoms with E-state index in [4.69, 9.17) is 9.47 Å². The normalized spacial score (nSPS) is 11.5. The van der Waals surface area contributed by atoms with Gasteiger partial charge in [0.05, 0.1) is 13.7 Å². The van der Waals surface area contributed by atoms with Crippen molar-refractivity contribution in [1.82, 2.24) is 25.1 Å². The van der Waals surface area contributed by atoms with Crippen molar-refractivity contribution in [1.29, 1.82) is 0 Å². The zero-order valence-corrected chi connectivity index (χ0v) is 14.1.